The lowest BCUT2D eigenvalue weighted by Gasteiger charge is -2.34. The number of halogens is 2. The maximum Gasteiger partial charge on any atom is 0.256 e. The van der Waals surface area contributed by atoms with Crippen LogP contribution < -0.4 is 5.32 Å². The fourth-order valence-corrected chi connectivity index (χ4v) is 5.39. The average molecular weight is 547 g/mol. The molecule has 9 heteroatoms. The summed E-state index contributed by atoms with van der Waals surface area (Å²) in [7, 11) is 0. The van der Waals surface area contributed by atoms with Crippen molar-refractivity contribution in [1.82, 2.24) is 14.8 Å². The number of anilines is 1. The third kappa shape index (κ3) is 5.73. The van der Waals surface area contributed by atoms with Crippen LogP contribution in [0.5, 0.6) is 0 Å². The number of hydrogen-bond donors (Lipinski definition) is 1. The van der Waals surface area contributed by atoms with E-state index in [4.69, 9.17) is 0 Å². The van der Waals surface area contributed by atoms with E-state index in [0.29, 0.717) is 37.4 Å². The third-order valence-corrected chi connectivity index (χ3v) is 7.62. The largest absolute Gasteiger partial charge is 0.338 e. The molecule has 1 N–H and O–H groups in total. The molecule has 0 aliphatic carbocycles. The van der Waals surface area contributed by atoms with Gasteiger partial charge >= 0.3 is 0 Å². The third-order valence-electron chi connectivity index (χ3n) is 7.62. The summed E-state index contributed by atoms with van der Waals surface area (Å²) in [5.41, 5.74) is 1.39. The smallest absolute Gasteiger partial charge is 0.256 e. The van der Waals surface area contributed by atoms with Crippen LogP contribution in [0.2, 0.25) is 0 Å². The Morgan fingerprint density at radius 1 is 0.875 bits per heavy atom. The Labute approximate surface area is 232 Å². The number of rotatable bonds is 4. The standard InChI is InChI=1S/C31H32F2N4O3/c1-31(2,3)30(40)35-25-8-6-19(7-9-25)28(38)37-16-20-10-12-36(17-22(20)18-37)29(39)26-5-4-11-34-27(26)21-13-23(32)15-24(33)14-21/h4-9,11,13-15,20,22H,10,12,16-18H2,1-3H3,(H,35,40)/t20-,22+/m1/s1. The van der Waals surface area contributed by atoms with Crippen molar-refractivity contribution in [3.8, 4) is 11.3 Å². The molecule has 1 aromatic heterocycles. The Bertz CT molecular complexity index is 1430. The zero-order valence-electron chi connectivity index (χ0n) is 22.8. The fraction of sp³-hybridized carbons (Fsp3) is 0.355. The molecule has 2 aromatic carbocycles. The van der Waals surface area contributed by atoms with E-state index < -0.39 is 17.0 Å². The minimum Gasteiger partial charge on any atom is -0.338 e. The van der Waals surface area contributed by atoms with Gasteiger partial charge in [0.05, 0.1) is 11.3 Å². The van der Waals surface area contributed by atoms with E-state index in [2.05, 4.69) is 10.3 Å². The van der Waals surface area contributed by atoms with Gasteiger partial charge in [0.2, 0.25) is 5.91 Å². The number of nitrogens with one attached hydrogen (secondary N) is 1. The summed E-state index contributed by atoms with van der Waals surface area (Å²) < 4.78 is 27.7. The van der Waals surface area contributed by atoms with Gasteiger partial charge in [-0.25, -0.2) is 8.78 Å². The maximum absolute atomic E-state index is 13.9. The molecule has 0 bridgehead atoms. The quantitative estimate of drug-likeness (QED) is 0.485. The summed E-state index contributed by atoms with van der Waals surface area (Å²) in [5, 5.41) is 2.86. The molecule has 0 radical (unpaired) electrons. The van der Waals surface area contributed by atoms with Crippen LogP contribution in [-0.4, -0.2) is 58.7 Å². The maximum atomic E-state index is 13.9. The van der Waals surface area contributed by atoms with Crippen molar-refractivity contribution in [1.29, 1.82) is 0 Å². The molecule has 5 rings (SSSR count). The number of aromatic nitrogens is 1. The first kappa shape index (κ1) is 27.4. The first-order valence-electron chi connectivity index (χ1n) is 13.4. The van der Waals surface area contributed by atoms with Crippen LogP contribution in [0.4, 0.5) is 14.5 Å². The Balaban J connectivity index is 1.25. The lowest BCUT2D eigenvalue weighted by atomic mass is 9.88. The van der Waals surface area contributed by atoms with E-state index in [1.165, 1.54) is 18.3 Å². The van der Waals surface area contributed by atoms with Gasteiger partial charge in [0, 0.05) is 60.7 Å². The van der Waals surface area contributed by atoms with Crippen LogP contribution in [0.25, 0.3) is 11.3 Å². The molecule has 2 fully saturated rings. The van der Waals surface area contributed by atoms with E-state index in [0.717, 1.165) is 12.5 Å². The normalized spacial score (nSPS) is 18.8. The first-order valence-corrected chi connectivity index (χ1v) is 13.4. The molecule has 40 heavy (non-hydrogen) atoms. The number of fused-ring (bicyclic) bond motifs is 1. The molecule has 0 saturated carbocycles. The van der Waals surface area contributed by atoms with E-state index in [1.807, 2.05) is 25.7 Å². The lowest BCUT2D eigenvalue weighted by molar-refractivity contribution is -0.123. The van der Waals surface area contributed by atoms with Gasteiger partial charge in [-0.05, 0) is 66.8 Å². The molecule has 7 nitrogen and oxygen atoms in total. The van der Waals surface area contributed by atoms with Crippen molar-refractivity contribution in [2.24, 2.45) is 17.3 Å². The minimum absolute atomic E-state index is 0.0800. The molecule has 3 amide bonds. The number of benzene rings is 2. The highest BCUT2D eigenvalue weighted by Gasteiger charge is 2.40. The second kappa shape index (κ2) is 10.8. The predicted octanol–water partition coefficient (Wildman–Crippen LogP) is 5.25. The van der Waals surface area contributed by atoms with Crippen molar-refractivity contribution in [3.63, 3.8) is 0 Å². The van der Waals surface area contributed by atoms with Crippen molar-refractivity contribution < 1.29 is 23.2 Å². The number of pyridine rings is 1. The van der Waals surface area contributed by atoms with E-state index in [-0.39, 0.29) is 46.4 Å². The number of hydrogen-bond acceptors (Lipinski definition) is 4. The molecule has 2 aliphatic heterocycles. The SMILES string of the molecule is CC(C)(C)C(=O)Nc1ccc(C(=O)N2C[C@H]3CCN(C(=O)c4cccnc4-c4cc(F)cc(F)c4)C[C@H]3C2)cc1. The Morgan fingerprint density at radius 3 is 2.20 bits per heavy atom. The molecule has 3 heterocycles. The lowest BCUT2D eigenvalue weighted by Crippen LogP contribution is -2.43. The Morgan fingerprint density at radius 2 is 1.52 bits per heavy atom. The van der Waals surface area contributed by atoms with Crippen molar-refractivity contribution >= 4 is 23.4 Å². The first-order chi connectivity index (χ1) is 19.0. The van der Waals surface area contributed by atoms with Gasteiger partial charge in [-0.15, -0.1) is 0 Å². The Hall–Kier alpha value is -4.14. The fourth-order valence-electron chi connectivity index (χ4n) is 5.39. The van der Waals surface area contributed by atoms with Gasteiger partial charge in [0.25, 0.3) is 11.8 Å². The van der Waals surface area contributed by atoms with Crippen LogP contribution in [-0.2, 0) is 4.79 Å². The number of likely N-dealkylation sites (tertiary alicyclic amines) is 2. The van der Waals surface area contributed by atoms with Gasteiger partial charge in [0.15, 0.2) is 0 Å². The summed E-state index contributed by atoms with van der Waals surface area (Å²) in [6.07, 6.45) is 2.24. The van der Waals surface area contributed by atoms with Crippen LogP contribution >= 0.6 is 0 Å². The molecular weight excluding hydrogens is 514 g/mol. The Kier molecular flexibility index (Phi) is 7.40. The zero-order chi connectivity index (χ0) is 28.6. The van der Waals surface area contributed by atoms with E-state index >= 15 is 0 Å². The summed E-state index contributed by atoms with van der Waals surface area (Å²) in [4.78, 5) is 46.9. The number of carbonyl (C=O) groups is 3. The van der Waals surface area contributed by atoms with Crippen LogP contribution in [0.3, 0.4) is 0 Å². The van der Waals surface area contributed by atoms with E-state index in [9.17, 15) is 23.2 Å². The second-order valence-electron chi connectivity index (χ2n) is 11.6. The highest BCUT2D eigenvalue weighted by molar-refractivity contribution is 6.00. The minimum atomic E-state index is -0.736. The van der Waals surface area contributed by atoms with Crippen molar-refractivity contribution in [2.45, 2.75) is 27.2 Å². The molecule has 0 spiro atoms. The average Bonchev–Trinajstić information content (AvgIpc) is 3.35. The topological polar surface area (TPSA) is 82.6 Å². The molecule has 0 unspecified atom stereocenters. The summed E-state index contributed by atoms with van der Waals surface area (Å²) in [5.74, 6) is -1.49. The molecule has 208 valence electrons. The highest BCUT2D eigenvalue weighted by Crippen LogP contribution is 2.34. The van der Waals surface area contributed by atoms with Crippen LogP contribution in [0, 0.1) is 28.9 Å². The van der Waals surface area contributed by atoms with Gasteiger partial charge in [-0.3, -0.25) is 19.4 Å². The highest BCUT2D eigenvalue weighted by atomic mass is 19.1. The summed E-state index contributed by atoms with van der Waals surface area (Å²) in [6.45, 7) is 7.67. The molecular formula is C31H32F2N4O3. The number of nitrogens with zero attached hydrogens (tertiary/aromatic N) is 3. The molecule has 2 atom stereocenters. The van der Waals surface area contributed by atoms with Crippen molar-refractivity contribution in [3.05, 3.63) is 83.6 Å². The summed E-state index contributed by atoms with van der Waals surface area (Å²) in [6, 6.07) is 13.3. The number of amides is 3. The van der Waals surface area contributed by atoms with Gasteiger partial charge < -0.3 is 15.1 Å². The van der Waals surface area contributed by atoms with Crippen LogP contribution in [0.1, 0.15) is 47.9 Å². The van der Waals surface area contributed by atoms with Gasteiger partial charge in [-0.2, -0.15) is 0 Å². The monoisotopic (exact) mass is 546 g/mol. The molecule has 3 aromatic rings. The van der Waals surface area contributed by atoms with Gasteiger partial charge in [0.1, 0.15) is 11.6 Å². The zero-order valence-corrected chi connectivity index (χ0v) is 22.8. The van der Waals surface area contributed by atoms with Crippen LogP contribution in [0.15, 0.2) is 60.8 Å². The van der Waals surface area contributed by atoms with Crippen molar-refractivity contribution in [2.75, 3.05) is 31.5 Å². The second-order valence-corrected chi connectivity index (χ2v) is 11.6. The summed E-state index contributed by atoms with van der Waals surface area (Å²) >= 11 is 0. The number of carbonyl (C=O) groups excluding carboxylic acids is 3. The molecule has 2 aliphatic rings. The van der Waals surface area contributed by atoms with E-state index in [1.54, 1.807) is 41.3 Å². The number of piperidine rings is 1. The predicted molar refractivity (Wildman–Crippen MR) is 148 cm³/mol. The molecule has 2 saturated heterocycles. The van der Waals surface area contributed by atoms with Gasteiger partial charge in [-0.1, -0.05) is 20.8 Å².